The fourth-order valence-electron chi connectivity index (χ4n) is 3.59. The van der Waals surface area contributed by atoms with Crippen LogP contribution >= 0.6 is 0 Å². The fraction of sp³-hybridized carbons (Fsp3) is 0.296. The molecule has 0 aliphatic heterocycles. The number of hydrogen-bond donors (Lipinski definition) is 1. The summed E-state index contributed by atoms with van der Waals surface area (Å²) in [5.74, 6) is 0.891. The standard InChI is InChI=1S/C27H32N2O2/c1-19-9-10-22(15-20(19)2)17-27(30)28-14-13-21-11-12-25(26(16-21)31-5)23-7-6-8-24(18-23)29(3)4/h6-12,15-16,18H,13-14,17H2,1-5H3,(H,28,30). The highest BCUT2D eigenvalue weighted by molar-refractivity contribution is 5.78. The van der Waals surface area contributed by atoms with Gasteiger partial charge in [-0.15, -0.1) is 0 Å². The van der Waals surface area contributed by atoms with Crippen LogP contribution in [0.15, 0.2) is 60.7 Å². The summed E-state index contributed by atoms with van der Waals surface area (Å²) < 4.78 is 5.67. The third kappa shape index (κ3) is 5.88. The van der Waals surface area contributed by atoms with E-state index in [-0.39, 0.29) is 5.91 Å². The molecule has 0 aromatic heterocycles. The summed E-state index contributed by atoms with van der Waals surface area (Å²) in [4.78, 5) is 14.4. The van der Waals surface area contributed by atoms with Gasteiger partial charge in [0.1, 0.15) is 5.75 Å². The lowest BCUT2D eigenvalue weighted by molar-refractivity contribution is -0.120. The monoisotopic (exact) mass is 416 g/mol. The summed E-state index contributed by atoms with van der Waals surface area (Å²) in [6, 6.07) is 20.8. The molecule has 3 rings (SSSR count). The Hall–Kier alpha value is -3.27. The molecule has 31 heavy (non-hydrogen) atoms. The lowest BCUT2D eigenvalue weighted by Crippen LogP contribution is -2.27. The van der Waals surface area contributed by atoms with Gasteiger partial charge in [-0.2, -0.15) is 0 Å². The van der Waals surface area contributed by atoms with Crippen molar-refractivity contribution < 1.29 is 9.53 Å². The van der Waals surface area contributed by atoms with Crippen LogP contribution in [0.5, 0.6) is 5.75 Å². The van der Waals surface area contributed by atoms with Crippen LogP contribution in [-0.4, -0.2) is 33.7 Å². The summed E-state index contributed by atoms with van der Waals surface area (Å²) in [5, 5.41) is 3.03. The molecule has 0 heterocycles. The molecule has 0 bridgehead atoms. The van der Waals surface area contributed by atoms with Gasteiger partial charge in [0, 0.05) is 31.9 Å². The van der Waals surface area contributed by atoms with Crippen molar-refractivity contribution in [2.75, 3.05) is 32.6 Å². The molecule has 162 valence electrons. The molecular formula is C27H32N2O2. The van der Waals surface area contributed by atoms with E-state index in [1.807, 2.05) is 20.2 Å². The minimum Gasteiger partial charge on any atom is -0.496 e. The first-order valence-electron chi connectivity index (χ1n) is 10.6. The summed E-state index contributed by atoms with van der Waals surface area (Å²) in [6.07, 6.45) is 1.17. The van der Waals surface area contributed by atoms with E-state index in [0.717, 1.165) is 40.1 Å². The van der Waals surface area contributed by atoms with Crippen LogP contribution in [0, 0.1) is 13.8 Å². The Morgan fingerprint density at radius 1 is 0.935 bits per heavy atom. The van der Waals surface area contributed by atoms with Gasteiger partial charge in [-0.3, -0.25) is 4.79 Å². The van der Waals surface area contributed by atoms with E-state index in [9.17, 15) is 4.79 Å². The van der Waals surface area contributed by atoms with E-state index in [1.54, 1.807) is 7.11 Å². The number of hydrogen-bond acceptors (Lipinski definition) is 3. The van der Waals surface area contributed by atoms with Crippen molar-refractivity contribution >= 4 is 11.6 Å². The van der Waals surface area contributed by atoms with Crippen LogP contribution in [0.2, 0.25) is 0 Å². The number of carbonyl (C=O) groups is 1. The molecular weight excluding hydrogens is 384 g/mol. The zero-order chi connectivity index (χ0) is 22.4. The summed E-state index contributed by atoms with van der Waals surface area (Å²) in [7, 11) is 5.77. The average Bonchev–Trinajstić information content (AvgIpc) is 2.76. The van der Waals surface area contributed by atoms with Gasteiger partial charge < -0.3 is 15.0 Å². The van der Waals surface area contributed by atoms with E-state index in [0.29, 0.717) is 13.0 Å². The normalized spacial score (nSPS) is 10.6. The summed E-state index contributed by atoms with van der Waals surface area (Å²) >= 11 is 0. The maximum Gasteiger partial charge on any atom is 0.224 e. The predicted molar refractivity (Wildman–Crippen MR) is 129 cm³/mol. The minimum absolute atomic E-state index is 0.0485. The highest BCUT2D eigenvalue weighted by atomic mass is 16.5. The van der Waals surface area contributed by atoms with E-state index in [4.69, 9.17) is 4.74 Å². The molecule has 0 atom stereocenters. The van der Waals surface area contributed by atoms with Crippen LogP contribution in [0.25, 0.3) is 11.1 Å². The minimum atomic E-state index is 0.0485. The molecule has 0 aliphatic rings. The Labute approximate surface area is 185 Å². The Morgan fingerprint density at radius 3 is 2.42 bits per heavy atom. The van der Waals surface area contributed by atoms with Crippen LogP contribution in [0.4, 0.5) is 5.69 Å². The number of nitrogens with zero attached hydrogens (tertiary/aromatic N) is 1. The first kappa shape index (κ1) is 22.4. The number of anilines is 1. The zero-order valence-corrected chi connectivity index (χ0v) is 19.2. The highest BCUT2D eigenvalue weighted by Gasteiger charge is 2.09. The van der Waals surface area contributed by atoms with Gasteiger partial charge in [0.25, 0.3) is 0 Å². The molecule has 4 heteroatoms. The van der Waals surface area contributed by atoms with Gasteiger partial charge in [-0.1, -0.05) is 42.5 Å². The number of carbonyl (C=O) groups excluding carboxylic acids is 1. The van der Waals surface area contributed by atoms with Crippen LogP contribution in [0.1, 0.15) is 22.3 Å². The lowest BCUT2D eigenvalue weighted by atomic mass is 10.0. The van der Waals surface area contributed by atoms with Crippen molar-refractivity contribution in [3.63, 3.8) is 0 Å². The molecule has 0 unspecified atom stereocenters. The van der Waals surface area contributed by atoms with Gasteiger partial charge in [0.05, 0.1) is 13.5 Å². The predicted octanol–water partition coefficient (Wildman–Crippen LogP) is 4.95. The van der Waals surface area contributed by atoms with Crippen molar-refractivity contribution in [2.24, 2.45) is 0 Å². The van der Waals surface area contributed by atoms with Gasteiger partial charge in [0.2, 0.25) is 5.91 Å². The van der Waals surface area contributed by atoms with Crippen molar-refractivity contribution in [1.82, 2.24) is 5.32 Å². The lowest BCUT2D eigenvalue weighted by Gasteiger charge is -2.16. The molecule has 0 saturated heterocycles. The Bertz CT molecular complexity index is 1060. The largest absolute Gasteiger partial charge is 0.496 e. The molecule has 0 fully saturated rings. The third-order valence-electron chi connectivity index (χ3n) is 5.61. The van der Waals surface area contributed by atoms with Gasteiger partial charge >= 0.3 is 0 Å². The second-order valence-corrected chi connectivity index (χ2v) is 8.17. The SMILES string of the molecule is COc1cc(CCNC(=O)Cc2ccc(C)c(C)c2)ccc1-c1cccc(N(C)C)c1. The number of benzene rings is 3. The third-order valence-corrected chi connectivity index (χ3v) is 5.61. The smallest absolute Gasteiger partial charge is 0.224 e. The van der Waals surface area contributed by atoms with E-state index in [2.05, 4.69) is 78.7 Å². The van der Waals surface area contributed by atoms with E-state index < -0.39 is 0 Å². The maximum atomic E-state index is 12.3. The van der Waals surface area contributed by atoms with Crippen LogP contribution < -0.4 is 15.0 Å². The van der Waals surface area contributed by atoms with Gasteiger partial charge in [0.15, 0.2) is 0 Å². The van der Waals surface area contributed by atoms with Gasteiger partial charge in [-0.05, 0) is 66.3 Å². The van der Waals surface area contributed by atoms with E-state index >= 15 is 0 Å². The van der Waals surface area contributed by atoms with Crippen molar-refractivity contribution in [3.05, 3.63) is 82.9 Å². The molecule has 0 radical (unpaired) electrons. The second-order valence-electron chi connectivity index (χ2n) is 8.17. The summed E-state index contributed by atoms with van der Waals surface area (Å²) in [6.45, 7) is 4.75. The van der Waals surface area contributed by atoms with E-state index in [1.165, 1.54) is 11.1 Å². The first-order chi connectivity index (χ1) is 14.9. The number of ether oxygens (including phenoxy) is 1. The molecule has 1 N–H and O–H groups in total. The molecule has 3 aromatic carbocycles. The number of methoxy groups -OCH3 is 1. The zero-order valence-electron chi connectivity index (χ0n) is 19.2. The van der Waals surface area contributed by atoms with Crippen molar-refractivity contribution in [3.8, 4) is 16.9 Å². The molecule has 0 aliphatic carbocycles. The fourth-order valence-corrected chi connectivity index (χ4v) is 3.59. The topological polar surface area (TPSA) is 41.6 Å². The average molecular weight is 417 g/mol. The second kappa shape index (κ2) is 10.2. The molecule has 0 saturated carbocycles. The molecule has 3 aromatic rings. The number of rotatable bonds is 8. The highest BCUT2D eigenvalue weighted by Crippen LogP contribution is 2.32. The number of aryl methyl sites for hydroxylation is 2. The van der Waals surface area contributed by atoms with Crippen LogP contribution in [-0.2, 0) is 17.6 Å². The summed E-state index contributed by atoms with van der Waals surface area (Å²) in [5.41, 5.74) is 7.98. The van der Waals surface area contributed by atoms with Gasteiger partial charge in [-0.25, -0.2) is 0 Å². The first-order valence-corrected chi connectivity index (χ1v) is 10.6. The molecule has 0 spiro atoms. The van der Waals surface area contributed by atoms with Crippen molar-refractivity contribution in [1.29, 1.82) is 0 Å². The Kier molecular flexibility index (Phi) is 7.35. The Balaban J connectivity index is 1.61. The number of nitrogens with one attached hydrogen (secondary N) is 1. The Morgan fingerprint density at radius 2 is 1.71 bits per heavy atom. The van der Waals surface area contributed by atoms with Crippen molar-refractivity contribution in [2.45, 2.75) is 26.7 Å². The quantitative estimate of drug-likeness (QED) is 0.565. The maximum absolute atomic E-state index is 12.3. The number of amides is 1. The van der Waals surface area contributed by atoms with Crippen LogP contribution in [0.3, 0.4) is 0 Å². The molecule has 4 nitrogen and oxygen atoms in total. The molecule has 1 amide bonds.